The standard InChI is InChI=1S/C13H9Cl4N3O3/c1-2-23-13(22)20(19-5-3-4-7(19)6-21)10-8(14)11(16)18-12(17)9(10)15/h3-6H,2H2,1H3. The van der Waals surface area contributed by atoms with E-state index in [2.05, 4.69) is 4.98 Å². The van der Waals surface area contributed by atoms with Crippen molar-refractivity contribution in [3.63, 3.8) is 0 Å². The molecule has 0 atom stereocenters. The lowest BCUT2D eigenvalue weighted by Gasteiger charge is -2.26. The lowest BCUT2D eigenvalue weighted by molar-refractivity contribution is 0.111. The van der Waals surface area contributed by atoms with Gasteiger partial charge in [-0.1, -0.05) is 46.4 Å². The number of anilines is 1. The van der Waals surface area contributed by atoms with Gasteiger partial charge in [0.1, 0.15) is 21.4 Å². The van der Waals surface area contributed by atoms with E-state index in [1.165, 1.54) is 16.9 Å². The molecule has 0 spiro atoms. The molecule has 2 heterocycles. The molecule has 0 bridgehead atoms. The Morgan fingerprint density at radius 3 is 2.43 bits per heavy atom. The Labute approximate surface area is 151 Å². The van der Waals surface area contributed by atoms with Gasteiger partial charge in [-0.25, -0.2) is 14.5 Å². The molecule has 122 valence electrons. The van der Waals surface area contributed by atoms with Gasteiger partial charge >= 0.3 is 6.09 Å². The highest BCUT2D eigenvalue weighted by molar-refractivity contribution is 6.49. The van der Waals surface area contributed by atoms with Crippen LogP contribution in [0.5, 0.6) is 0 Å². The first-order valence-electron chi connectivity index (χ1n) is 6.22. The van der Waals surface area contributed by atoms with Gasteiger partial charge in [-0.3, -0.25) is 4.79 Å². The number of rotatable bonds is 4. The summed E-state index contributed by atoms with van der Waals surface area (Å²) >= 11 is 24.1. The van der Waals surface area contributed by atoms with Crippen molar-refractivity contribution in [2.24, 2.45) is 0 Å². The molecule has 0 N–H and O–H groups in total. The molecule has 0 saturated carbocycles. The molecule has 2 aromatic heterocycles. The van der Waals surface area contributed by atoms with Gasteiger partial charge in [0.25, 0.3) is 0 Å². The predicted molar refractivity (Wildman–Crippen MR) is 89.0 cm³/mol. The van der Waals surface area contributed by atoms with Crippen LogP contribution in [-0.4, -0.2) is 28.6 Å². The fourth-order valence-corrected chi connectivity index (χ4v) is 2.67. The minimum Gasteiger partial charge on any atom is -0.448 e. The first-order valence-corrected chi connectivity index (χ1v) is 7.73. The summed E-state index contributed by atoms with van der Waals surface area (Å²) in [5.74, 6) is 0. The number of ether oxygens (including phenoxy) is 1. The summed E-state index contributed by atoms with van der Waals surface area (Å²) < 4.78 is 6.21. The SMILES string of the molecule is CCOC(=O)N(c1c(Cl)c(Cl)nc(Cl)c1Cl)n1cccc1C=O. The van der Waals surface area contributed by atoms with Gasteiger partial charge < -0.3 is 4.74 Å². The number of hydrogen-bond donors (Lipinski definition) is 0. The van der Waals surface area contributed by atoms with Crippen molar-refractivity contribution in [2.75, 3.05) is 11.6 Å². The Bertz CT molecular complexity index is 737. The summed E-state index contributed by atoms with van der Waals surface area (Å²) in [7, 11) is 0. The third-order valence-corrected chi connectivity index (χ3v) is 4.18. The highest BCUT2D eigenvalue weighted by Crippen LogP contribution is 2.41. The van der Waals surface area contributed by atoms with Crippen LogP contribution in [0.3, 0.4) is 0 Å². The summed E-state index contributed by atoms with van der Waals surface area (Å²) in [4.78, 5) is 27.3. The molecule has 0 aliphatic heterocycles. The van der Waals surface area contributed by atoms with E-state index in [1.807, 2.05) is 0 Å². The van der Waals surface area contributed by atoms with Crippen molar-refractivity contribution in [3.8, 4) is 0 Å². The van der Waals surface area contributed by atoms with Crippen LogP contribution in [0.15, 0.2) is 18.3 Å². The van der Waals surface area contributed by atoms with Gasteiger partial charge in [0, 0.05) is 6.20 Å². The number of nitrogens with zero attached hydrogens (tertiary/aromatic N) is 3. The number of aldehydes is 1. The topological polar surface area (TPSA) is 64.4 Å². The largest absolute Gasteiger partial charge is 0.448 e. The van der Waals surface area contributed by atoms with Crippen molar-refractivity contribution in [1.29, 1.82) is 0 Å². The Balaban J connectivity index is 2.74. The van der Waals surface area contributed by atoms with Crippen LogP contribution in [0, 0.1) is 0 Å². The highest BCUT2D eigenvalue weighted by atomic mass is 35.5. The zero-order chi connectivity index (χ0) is 17.1. The second-order valence-corrected chi connectivity index (χ2v) is 5.55. The lowest BCUT2D eigenvalue weighted by atomic mass is 10.4. The van der Waals surface area contributed by atoms with E-state index in [4.69, 9.17) is 51.1 Å². The number of carbonyl (C=O) groups excluding carboxylic acids is 2. The molecule has 0 aliphatic carbocycles. The molecule has 0 saturated heterocycles. The van der Waals surface area contributed by atoms with E-state index in [0.29, 0.717) is 6.29 Å². The average molecular weight is 397 g/mol. The monoisotopic (exact) mass is 395 g/mol. The third kappa shape index (κ3) is 3.40. The maximum atomic E-state index is 12.4. The highest BCUT2D eigenvalue weighted by Gasteiger charge is 2.29. The fraction of sp³-hybridized carbons (Fsp3) is 0.154. The first kappa shape index (κ1) is 17.9. The quantitative estimate of drug-likeness (QED) is 0.553. The fourth-order valence-electron chi connectivity index (χ4n) is 1.79. The first-order chi connectivity index (χ1) is 10.9. The summed E-state index contributed by atoms with van der Waals surface area (Å²) in [6.45, 7) is 1.72. The Morgan fingerprint density at radius 2 is 1.91 bits per heavy atom. The number of amides is 1. The van der Waals surface area contributed by atoms with Crippen LogP contribution in [-0.2, 0) is 4.74 Å². The van der Waals surface area contributed by atoms with E-state index in [1.54, 1.807) is 13.0 Å². The van der Waals surface area contributed by atoms with Crippen molar-refractivity contribution in [2.45, 2.75) is 6.92 Å². The number of halogens is 4. The molecule has 2 aromatic rings. The molecule has 1 amide bonds. The Hall–Kier alpha value is -1.47. The molecule has 6 nitrogen and oxygen atoms in total. The second kappa shape index (κ2) is 7.40. The predicted octanol–water partition coefficient (Wildman–Crippen LogP) is 4.74. The minimum atomic E-state index is -0.825. The van der Waals surface area contributed by atoms with Gasteiger partial charge in [0.15, 0.2) is 16.6 Å². The van der Waals surface area contributed by atoms with Crippen LogP contribution in [0.25, 0.3) is 0 Å². The molecule has 0 fully saturated rings. The number of aromatic nitrogens is 2. The van der Waals surface area contributed by atoms with Gasteiger partial charge in [-0.2, -0.15) is 5.01 Å². The van der Waals surface area contributed by atoms with E-state index >= 15 is 0 Å². The zero-order valence-corrected chi connectivity index (χ0v) is 14.6. The van der Waals surface area contributed by atoms with Crippen LogP contribution in [0.4, 0.5) is 10.5 Å². The van der Waals surface area contributed by atoms with Crippen molar-refractivity contribution in [1.82, 2.24) is 9.66 Å². The molecule has 10 heteroatoms. The van der Waals surface area contributed by atoms with Crippen LogP contribution >= 0.6 is 46.4 Å². The van der Waals surface area contributed by atoms with E-state index < -0.39 is 6.09 Å². The lowest BCUT2D eigenvalue weighted by Crippen LogP contribution is -2.37. The van der Waals surface area contributed by atoms with Gasteiger partial charge in [-0.15, -0.1) is 0 Å². The molecule has 0 unspecified atom stereocenters. The molecule has 2 rings (SSSR count). The van der Waals surface area contributed by atoms with Gasteiger partial charge in [0.05, 0.1) is 6.61 Å². The van der Waals surface area contributed by atoms with E-state index in [0.717, 1.165) is 5.01 Å². The molecule has 0 aromatic carbocycles. The Morgan fingerprint density at radius 1 is 1.30 bits per heavy atom. The number of pyridine rings is 1. The number of carbonyl (C=O) groups is 2. The summed E-state index contributed by atoms with van der Waals surface area (Å²) in [5, 5.41) is 0.437. The molecule has 0 radical (unpaired) electrons. The molecular formula is C13H9Cl4N3O3. The van der Waals surface area contributed by atoms with Gasteiger partial charge in [0.2, 0.25) is 0 Å². The smallest absolute Gasteiger partial charge is 0.434 e. The van der Waals surface area contributed by atoms with Crippen LogP contribution in [0.1, 0.15) is 17.4 Å². The molecule has 0 aliphatic rings. The summed E-state index contributed by atoms with van der Waals surface area (Å²) in [6, 6.07) is 3.05. The molecular weight excluding hydrogens is 388 g/mol. The van der Waals surface area contributed by atoms with Crippen LogP contribution < -0.4 is 5.01 Å². The maximum absolute atomic E-state index is 12.4. The normalized spacial score (nSPS) is 10.5. The third-order valence-electron chi connectivity index (χ3n) is 2.72. The number of hydrogen-bond acceptors (Lipinski definition) is 4. The van der Waals surface area contributed by atoms with Crippen LogP contribution in [0.2, 0.25) is 20.4 Å². The maximum Gasteiger partial charge on any atom is 0.434 e. The van der Waals surface area contributed by atoms with Crippen molar-refractivity contribution in [3.05, 3.63) is 44.4 Å². The van der Waals surface area contributed by atoms with E-state index in [9.17, 15) is 9.59 Å². The minimum absolute atomic E-state index is 0.0453. The average Bonchev–Trinajstić information content (AvgIpc) is 2.97. The molecule has 23 heavy (non-hydrogen) atoms. The zero-order valence-electron chi connectivity index (χ0n) is 11.6. The van der Waals surface area contributed by atoms with Crippen molar-refractivity contribution < 1.29 is 14.3 Å². The summed E-state index contributed by atoms with van der Waals surface area (Å²) in [6.07, 6.45) is 1.18. The van der Waals surface area contributed by atoms with Crippen molar-refractivity contribution >= 4 is 64.5 Å². The van der Waals surface area contributed by atoms with Gasteiger partial charge in [-0.05, 0) is 19.1 Å². The van der Waals surface area contributed by atoms with E-state index in [-0.39, 0.29) is 38.3 Å². The summed E-state index contributed by atoms with van der Waals surface area (Å²) in [5.41, 5.74) is 0.116. The second-order valence-electron chi connectivity index (χ2n) is 4.08. The Kier molecular flexibility index (Phi) is 5.75.